The topological polar surface area (TPSA) is 88.0 Å². The molecule has 0 aliphatic rings. The van der Waals surface area contributed by atoms with Gasteiger partial charge in [0.2, 0.25) is 0 Å². The highest BCUT2D eigenvalue weighted by atomic mass is 16.5. The number of rotatable bonds is 4. The van der Waals surface area contributed by atoms with Crippen LogP contribution in [0.15, 0.2) is 35.5 Å². The molecule has 1 atom stereocenters. The van der Waals surface area contributed by atoms with Gasteiger partial charge in [-0.25, -0.2) is 4.79 Å². The fourth-order valence-corrected chi connectivity index (χ4v) is 1.16. The van der Waals surface area contributed by atoms with Crippen molar-refractivity contribution in [1.29, 1.82) is 0 Å². The van der Waals surface area contributed by atoms with Crippen molar-refractivity contribution in [1.82, 2.24) is 5.32 Å². The summed E-state index contributed by atoms with van der Waals surface area (Å²) in [6.07, 6.45) is 0.882. The summed E-state index contributed by atoms with van der Waals surface area (Å²) in [6, 6.07) is 7.24. The highest BCUT2D eigenvalue weighted by molar-refractivity contribution is 6.02. The second kappa shape index (κ2) is 6.26. The van der Waals surface area contributed by atoms with E-state index in [-0.39, 0.29) is 0 Å². The second-order valence-electron chi connectivity index (χ2n) is 3.10. The van der Waals surface area contributed by atoms with Crippen LogP contribution in [0, 0.1) is 0 Å². The van der Waals surface area contributed by atoms with Crippen LogP contribution in [0.3, 0.4) is 0 Å². The average molecular weight is 236 g/mol. The van der Waals surface area contributed by atoms with E-state index in [2.05, 4.69) is 15.2 Å². The Morgan fingerprint density at radius 2 is 2.06 bits per heavy atom. The average Bonchev–Trinajstić information content (AvgIpc) is 2.38. The molecule has 1 amide bonds. The normalized spacial score (nSPS) is 12.1. The lowest BCUT2D eigenvalue weighted by atomic mass is 10.2. The molecule has 0 aromatic heterocycles. The van der Waals surface area contributed by atoms with Gasteiger partial charge in [-0.3, -0.25) is 4.79 Å². The van der Waals surface area contributed by atoms with Crippen LogP contribution in [0.1, 0.15) is 10.4 Å². The van der Waals surface area contributed by atoms with Crippen molar-refractivity contribution in [3.63, 3.8) is 0 Å². The van der Waals surface area contributed by atoms with Crippen molar-refractivity contribution in [2.45, 2.75) is 6.04 Å². The molecule has 0 aliphatic carbocycles. The lowest BCUT2D eigenvalue weighted by molar-refractivity contribution is -0.140. The van der Waals surface area contributed by atoms with E-state index in [1.165, 1.54) is 7.11 Å². The van der Waals surface area contributed by atoms with Crippen molar-refractivity contribution in [3.8, 4) is 0 Å². The van der Waals surface area contributed by atoms with Crippen molar-refractivity contribution >= 4 is 18.1 Å². The number of esters is 1. The van der Waals surface area contributed by atoms with Crippen LogP contribution < -0.4 is 5.32 Å². The molecule has 0 spiro atoms. The van der Waals surface area contributed by atoms with Crippen LogP contribution in [0.2, 0.25) is 0 Å². The molecule has 0 radical (unpaired) electrons. The number of oxime groups is 1. The quantitative estimate of drug-likeness (QED) is 0.343. The van der Waals surface area contributed by atoms with Gasteiger partial charge in [-0.2, -0.15) is 0 Å². The Bertz CT molecular complexity index is 417. The number of benzene rings is 1. The van der Waals surface area contributed by atoms with Crippen LogP contribution in [-0.2, 0) is 9.53 Å². The maximum Gasteiger partial charge on any atom is 0.334 e. The SMILES string of the molecule is COC(=O)[C@@H](/C=N\O)NC(=O)c1ccccc1. The van der Waals surface area contributed by atoms with Crippen molar-refractivity contribution in [2.24, 2.45) is 5.16 Å². The number of carbonyl (C=O) groups excluding carboxylic acids is 2. The summed E-state index contributed by atoms with van der Waals surface area (Å²) in [5.41, 5.74) is 0.396. The van der Waals surface area contributed by atoms with E-state index in [9.17, 15) is 9.59 Å². The van der Waals surface area contributed by atoms with Gasteiger partial charge in [0, 0.05) is 5.56 Å². The minimum atomic E-state index is -1.11. The summed E-state index contributed by atoms with van der Waals surface area (Å²) in [7, 11) is 1.18. The predicted octanol–water partition coefficient (Wildman–Crippen LogP) is 0.418. The minimum absolute atomic E-state index is 0.396. The number of hydrogen-bond acceptors (Lipinski definition) is 5. The first-order chi connectivity index (χ1) is 8.19. The summed E-state index contributed by atoms with van der Waals surface area (Å²) in [4.78, 5) is 22.9. The fourth-order valence-electron chi connectivity index (χ4n) is 1.16. The van der Waals surface area contributed by atoms with Gasteiger partial charge in [0.1, 0.15) is 0 Å². The first-order valence-corrected chi connectivity index (χ1v) is 4.80. The van der Waals surface area contributed by atoms with Crippen LogP contribution in [0.25, 0.3) is 0 Å². The molecule has 0 heterocycles. The number of nitrogens with zero attached hydrogens (tertiary/aromatic N) is 1. The summed E-state index contributed by atoms with van der Waals surface area (Å²) in [6.45, 7) is 0. The highest BCUT2D eigenvalue weighted by Gasteiger charge is 2.20. The first kappa shape index (κ1) is 12.7. The third kappa shape index (κ3) is 3.60. The van der Waals surface area contributed by atoms with E-state index >= 15 is 0 Å². The van der Waals surface area contributed by atoms with E-state index in [0.717, 1.165) is 6.21 Å². The second-order valence-corrected chi connectivity index (χ2v) is 3.10. The molecular formula is C11H12N2O4. The number of hydrogen-bond donors (Lipinski definition) is 2. The largest absolute Gasteiger partial charge is 0.467 e. The Morgan fingerprint density at radius 3 is 2.59 bits per heavy atom. The molecule has 17 heavy (non-hydrogen) atoms. The Kier molecular flexibility index (Phi) is 4.68. The number of methoxy groups -OCH3 is 1. The standard InChI is InChI=1S/C11H12N2O4/c1-17-11(15)9(7-12-16)13-10(14)8-5-3-2-4-6-8/h2-7,9,16H,1H3,(H,13,14)/b12-7-/t9-/m1/s1. The molecule has 2 N–H and O–H groups in total. The van der Waals surface area contributed by atoms with Gasteiger partial charge in [0.05, 0.1) is 13.3 Å². The van der Waals surface area contributed by atoms with E-state index < -0.39 is 17.9 Å². The number of nitrogens with one attached hydrogen (secondary N) is 1. The molecule has 90 valence electrons. The number of ether oxygens (including phenoxy) is 1. The molecule has 1 rings (SSSR count). The molecule has 0 fully saturated rings. The number of carbonyl (C=O) groups is 2. The summed E-state index contributed by atoms with van der Waals surface area (Å²) in [5, 5.41) is 13.4. The maximum absolute atomic E-state index is 11.7. The lowest BCUT2D eigenvalue weighted by Crippen LogP contribution is -2.42. The molecule has 0 saturated heterocycles. The van der Waals surface area contributed by atoms with Gasteiger partial charge in [0.25, 0.3) is 5.91 Å². The lowest BCUT2D eigenvalue weighted by Gasteiger charge is -2.11. The van der Waals surface area contributed by atoms with Gasteiger partial charge in [-0.05, 0) is 12.1 Å². The van der Waals surface area contributed by atoms with Gasteiger partial charge < -0.3 is 15.3 Å². The molecule has 6 heteroatoms. The van der Waals surface area contributed by atoms with Gasteiger partial charge in [-0.1, -0.05) is 23.4 Å². The van der Waals surface area contributed by atoms with E-state index in [1.807, 2.05) is 0 Å². The molecule has 6 nitrogen and oxygen atoms in total. The Balaban J connectivity index is 2.74. The summed E-state index contributed by atoms with van der Waals surface area (Å²) < 4.78 is 4.45. The molecule has 0 bridgehead atoms. The highest BCUT2D eigenvalue weighted by Crippen LogP contribution is 1.99. The third-order valence-electron chi connectivity index (χ3n) is 1.99. The Labute approximate surface area is 97.9 Å². The molecular weight excluding hydrogens is 224 g/mol. The molecule has 0 saturated carbocycles. The molecule has 0 aliphatic heterocycles. The Hall–Kier alpha value is -2.37. The molecule has 1 aromatic rings. The van der Waals surface area contributed by atoms with Crippen molar-refractivity contribution in [2.75, 3.05) is 7.11 Å². The van der Waals surface area contributed by atoms with E-state index in [4.69, 9.17) is 5.21 Å². The van der Waals surface area contributed by atoms with E-state index in [1.54, 1.807) is 30.3 Å². The zero-order valence-electron chi connectivity index (χ0n) is 9.16. The fraction of sp³-hybridized carbons (Fsp3) is 0.182. The minimum Gasteiger partial charge on any atom is -0.467 e. The van der Waals surface area contributed by atoms with Crippen molar-refractivity contribution < 1.29 is 19.5 Å². The third-order valence-corrected chi connectivity index (χ3v) is 1.99. The van der Waals surface area contributed by atoms with Gasteiger partial charge in [-0.15, -0.1) is 0 Å². The predicted molar refractivity (Wildman–Crippen MR) is 60.0 cm³/mol. The Morgan fingerprint density at radius 1 is 1.41 bits per heavy atom. The first-order valence-electron chi connectivity index (χ1n) is 4.80. The molecule has 0 unspecified atom stereocenters. The van der Waals surface area contributed by atoms with Crippen LogP contribution >= 0.6 is 0 Å². The summed E-state index contributed by atoms with van der Waals surface area (Å²) in [5.74, 6) is -1.17. The van der Waals surface area contributed by atoms with Crippen LogP contribution in [0.5, 0.6) is 0 Å². The maximum atomic E-state index is 11.7. The van der Waals surface area contributed by atoms with Crippen LogP contribution in [-0.4, -0.2) is 36.4 Å². The zero-order chi connectivity index (χ0) is 12.7. The van der Waals surface area contributed by atoms with E-state index in [0.29, 0.717) is 5.56 Å². The molecule has 1 aromatic carbocycles. The number of amides is 1. The zero-order valence-corrected chi connectivity index (χ0v) is 9.16. The monoisotopic (exact) mass is 236 g/mol. The van der Waals surface area contributed by atoms with Gasteiger partial charge in [0.15, 0.2) is 6.04 Å². The van der Waals surface area contributed by atoms with Crippen molar-refractivity contribution in [3.05, 3.63) is 35.9 Å². The summed E-state index contributed by atoms with van der Waals surface area (Å²) >= 11 is 0. The van der Waals surface area contributed by atoms with Crippen LogP contribution in [0.4, 0.5) is 0 Å². The smallest absolute Gasteiger partial charge is 0.334 e. The van der Waals surface area contributed by atoms with Gasteiger partial charge >= 0.3 is 5.97 Å².